The maximum atomic E-state index is 11.7. The largest absolute Gasteiger partial charge is 0.463 e. The number of nitrogens with one attached hydrogen (secondary N) is 1. The van der Waals surface area contributed by atoms with Crippen molar-refractivity contribution in [3.63, 3.8) is 0 Å². The van der Waals surface area contributed by atoms with E-state index in [1.165, 1.54) is 0 Å². The van der Waals surface area contributed by atoms with Crippen molar-refractivity contribution in [2.24, 2.45) is 5.73 Å². The standard InChI is InChI=1S/C14H16N4O3/c1-10(14(20)16-9-12(15)19)21-13-7-8-18(17-13)11-5-3-2-4-6-11/h2-8,10H,9H2,1H3,(H2,15,19)(H,16,20)/t10-/m0/s1. The number of primary amides is 1. The Bertz CT molecular complexity index is 624. The SMILES string of the molecule is C[C@H](Oc1ccn(-c2ccccc2)n1)C(=O)NCC(N)=O. The van der Waals surface area contributed by atoms with Gasteiger partial charge in [-0.15, -0.1) is 5.10 Å². The van der Waals surface area contributed by atoms with E-state index in [2.05, 4.69) is 10.4 Å². The lowest BCUT2D eigenvalue weighted by Crippen LogP contribution is -2.40. The average molecular weight is 288 g/mol. The lowest BCUT2D eigenvalue weighted by molar-refractivity contribution is -0.129. The van der Waals surface area contributed by atoms with Gasteiger partial charge in [0, 0.05) is 12.3 Å². The Hall–Kier alpha value is -2.83. The molecule has 0 unspecified atom stereocenters. The third kappa shape index (κ3) is 4.07. The van der Waals surface area contributed by atoms with E-state index in [4.69, 9.17) is 10.5 Å². The van der Waals surface area contributed by atoms with Gasteiger partial charge in [0.25, 0.3) is 5.91 Å². The summed E-state index contributed by atoms with van der Waals surface area (Å²) >= 11 is 0. The van der Waals surface area contributed by atoms with Crippen LogP contribution in [0.4, 0.5) is 0 Å². The summed E-state index contributed by atoms with van der Waals surface area (Å²) in [5.41, 5.74) is 5.84. The fourth-order valence-corrected chi connectivity index (χ4v) is 1.65. The summed E-state index contributed by atoms with van der Waals surface area (Å²) in [6.45, 7) is 1.35. The van der Waals surface area contributed by atoms with E-state index in [0.29, 0.717) is 5.88 Å². The van der Waals surface area contributed by atoms with Crippen LogP contribution in [0.15, 0.2) is 42.6 Å². The zero-order valence-electron chi connectivity index (χ0n) is 11.5. The maximum Gasteiger partial charge on any atom is 0.261 e. The number of para-hydroxylation sites is 1. The minimum atomic E-state index is -0.775. The molecule has 0 radical (unpaired) electrons. The van der Waals surface area contributed by atoms with Crippen LogP contribution in [0.1, 0.15) is 6.92 Å². The molecule has 0 bridgehead atoms. The van der Waals surface area contributed by atoms with E-state index >= 15 is 0 Å². The van der Waals surface area contributed by atoms with Gasteiger partial charge >= 0.3 is 0 Å². The Morgan fingerprint density at radius 3 is 2.71 bits per heavy atom. The monoisotopic (exact) mass is 288 g/mol. The molecule has 7 heteroatoms. The Kier molecular flexibility index (Phi) is 4.55. The maximum absolute atomic E-state index is 11.7. The molecule has 0 aliphatic heterocycles. The smallest absolute Gasteiger partial charge is 0.261 e. The van der Waals surface area contributed by atoms with E-state index in [-0.39, 0.29) is 6.54 Å². The second kappa shape index (κ2) is 6.56. The number of hydrogen-bond donors (Lipinski definition) is 2. The van der Waals surface area contributed by atoms with Gasteiger partial charge < -0.3 is 15.8 Å². The van der Waals surface area contributed by atoms with Crippen molar-refractivity contribution in [1.29, 1.82) is 0 Å². The number of ether oxygens (including phenoxy) is 1. The number of rotatable bonds is 6. The zero-order chi connectivity index (χ0) is 15.2. The van der Waals surface area contributed by atoms with Crippen LogP contribution in [-0.2, 0) is 9.59 Å². The van der Waals surface area contributed by atoms with Crippen molar-refractivity contribution >= 4 is 11.8 Å². The molecule has 0 spiro atoms. The highest BCUT2D eigenvalue weighted by Crippen LogP contribution is 2.12. The molecule has 2 amide bonds. The molecule has 7 nitrogen and oxygen atoms in total. The molecule has 3 N–H and O–H groups in total. The summed E-state index contributed by atoms with van der Waals surface area (Å²) in [6, 6.07) is 11.2. The number of aromatic nitrogens is 2. The van der Waals surface area contributed by atoms with Gasteiger partial charge in [0.05, 0.1) is 12.2 Å². The fourth-order valence-electron chi connectivity index (χ4n) is 1.65. The van der Waals surface area contributed by atoms with Crippen LogP contribution in [0.3, 0.4) is 0 Å². The molecule has 1 aromatic carbocycles. The first-order valence-corrected chi connectivity index (χ1v) is 6.40. The van der Waals surface area contributed by atoms with E-state index in [9.17, 15) is 9.59 Å². The molecule has 1 atom stereocenters. The van der Waals surface area contributed by atoms with Gasteiger partial charge in [-0.2, -0.15) is 0 Å². The van der Waals surface area contributed by atoms with Gasteiger partial charge in [-0.05, 0) is 19.1 Å². The van der Waals surface area contributed by atoms with E-state index < -0.39 is 17.9 Å². The molecule has 0 saturated heterocycles. The van der Waals surface area contributed by atoms with Crippen molar-refractivity contribution in [3.05, 3.63) is 42.6 Å². The molecule has 2 rings (SSSR count). The quantitative estimate of drug-likeness (QED) is 0.795. The minimum absolute atomic E-state index is 0.217. The average Bonchev–Trinajstić information content (AvgIpc) is 2.94. The van der Waals surface area contributed by atoms with Crippen molar-refractivity contribution in [2.75, 3.05) is 6.54 Å². The first kappa shape index (κ1) is 14.6. The Morgan fingerprint density at radius 1 is 1.33 bits per heavy atom. The molecule has 1 aromatic heterocycles. The van der Waals surface area contributed by atoms with Crippen LogP contribution in [0.2, 0.25) is 0 Å². The van der Waals surface area contributed by atoms with E-state index in [0.717, 1.165) is 5.69 Å². The molecule has 0 fully saturated rings. The number of amides is 2. The van der Waals surface area contributed by atoms with Crippen LogP contribution in [0.25, 0.3) is 5.69 Å². The first-order chi connectivity index (χ1) is 10.1. The lowest BCUT2D eigenvalue weighted by atomic mass is 10.3. The van der Waals surface area contributed by atoms with Crippen LogP contribution >= 0.6 is 0 Å². The summed E-state index contributed by atoms with van der Waals surface area (Å²) in [7, 11) is 0. The topological polar surface area (TPSA) is 99.2 Å². The van der Waals surface area contributed by atoms with Gasteiger partial charge in [-0.1, -0.05) is 18.2 Å². The van der Waals surface area contributed by atoms with Crippen molar-refractivity contribution in [1.82, 2.24) is 15.1 Å². The molecule has 1 heterocycles. The summed E-state index contributed by atoms with van der Waals surface area (Å²) in [5.74, 6) is -0.715. The van der Waals surface area contributed by atoms with Crippen LogP contribution < -0.4 is 15.8 Å². The number of nitrogens with zero attached hydrogens (tertiary/aromatic N) is 2. The molecular formula is C14H16N4O3. The highest BCUT2D eigenvalue weighted by atomic mass is 16.5. The van der Waals surface area contributed by atoms with Gasteiger partial charge in [0.2, 0.25) is 11.8 Å². The van der Waals surface area contributed by atoms with Gasteiger partial charge in [-0.25, -0.2) is 4.68 Å². The molecule has 0 aliphatic rings. The lowest BCUT2D eigenvalue weighted by Gasteiger charge is -2.11. The van der Waals surface area contributed by atoms with Crippen LogP contribution in [-0.4, -0.2) is 34.2 Å². The number of carbonyl (C=O) groups excluding carboxylic acids is 2. The second-order valence-corrected chi connectivity index (χ2v) is 4.38. The molecule has 21 heavy (non-hydrogen) atoms. The molecule has 2 aromatic rings. The third-order valence-corrected chi connectivity index (χ3v) is 2.69. The van der Waals surface area contributed by atoms with Crippen molar-refractivity contribution < 1.29 is 14.3 Å². The van der Waals surface area contributed by atoms with E-state index in [1.807, 2.05) is 30.3 Å². The third-order valence-electron chi connectivity index (χ3n) is 2.69. The van der Waals surface area contributed by atoms with Gasteiger partial charge in [0.15, 0.2) is 6.10 Å². The summed E-state index contributed by atoms with van der Waals surface area (Å²) < 4.78 is 7.06. The number of hydrogen-bond acceptors (Lipinski definition) is 4. The normalized spacial score (nSPS) is 11.7. The van der Waals surface area contributed by atoms with Gasteiger partial charge in [0.1, 0.15) is 0 Å². The summed E-state index contributed by atoms with van der Waals surface area (Å²) in [5, 5.41) is 6.59. The highest BCUT2D eigenvalue weighted by Gasteiger charge is 2.16. The predicted octanol–water partition coefficient (Wildman–Crippen LogP) is 0.241. The molecule has 0 saturated carbocycles. The Morgan fingerprint density at radius 2 is 2.05 bits per heavy atom. The van der Waals surface area contributed by atoms with E-state index in [1.54, 1.807) is 23.9 Å². The summed E-state index contributed by atoms with van der Waals surface area (Å²) in [4.78, 5) is 22.2. The minimum Gasteiger partial charge on any atom is -0.463 e. The second-order valence-electron chi connectivity index (χ2n) is 4.38. The number of benzene rings is 1. The zero-order valence-corrected chi connectivity index (χ0v) is 11.5. The Labute approximate surface area is 121 Å². The van der Waals surface area contributed by atoms with Crippen LogP contribution in [0, 0.1) is 0 Å². The van der Waals surface area contributed by atoms with Gasteiger partial charge in [-0.3, -0.25) is 9.59 Å². The number of carbonyl (C=O) groups is 2. The highest BCUT2D eigenvalue weighted by molar-refractivity contribution is 5.86. The molecular weight excluding hydrogens is 272 g/mol. The summed E-state index contributed by atoms with van der Waals surface area (Å²) in [6.07, 6.45) is 0.960. The van der Waals surface area contributed by atoms with Crippen LogP contribution in [0.5, 0.6) is 5.88 Å². The predicted molar refractivity (Wildman–Crippen MR) is 75.9 cm³/mol. The molecule has 110 valence electrons. The molecule has 0 aliphatic carbocycles. The fraction of sp³-hybridized carbons (Fsp3) is 0.214. The van der Waals surface area contributed by atoms with Crippen molar-refractivity contribution in [2.45, 2.75) is 13.0 Å². The number of nitrogens with two attached hydrogens (primary N) is 1. The first-order valence-electron chi connectivity index (χ1n) is 6.40. The van der Waals surface area contributed by atoms with Crippen molar-refractivity contribution in [3.8, 4) is 11.6 Å². The Balaban J connectivity index is 1.96.